The van der Waals surface area contributed by atoms with Crippen molar-refractivity contribution in [3.63, 3.8) is 0 Å². The second kappa shape index (κ2) is 13.3. The van der Waals surface area contributed by atoms with Gasteiger partial charge in [-0.25, -0.2) is 0 Å². The highest BCUT2D eigenvalue weighted by Crippen LogP contribution is 2.38. The largest absolute Gasteiger partial charge is 0.289 e. The Balaban J connectivity index is 1.20. The second-order valence-electron chi connectivity index (χ2n) is 12.9. The van der Waals surface area contributed by atoms with Crippen molar-refractivity contribution in [2.45, 2.75) is 13.3 Å². The molecule has 0 amide bonds. The molecule has 238 valence electrons. The van der Waals surface area contributed by atoms with E-state index in [0.29, 0.717) is 0 Å². The second-order valence-corrected chi connectivity index (χ2v) is 12.9. The number of benzene rings is 7. The van der Waals surface area contributed by atoms with Gasteiger partial charge in [-0.1, -0.05) is 134 Å². The van der Waals surface area contributed by atoms with Crippen LogP contribution in [0.3, 0.4) is 0 Å². The SMILES string of the molecule is C=CC(=CC)c1cc(-c2ccccc2)cc(-c2ccc3c(c2)C(=O)c2cc(-c4cc(-c5ccccc5)cc(-c5ccccc5)c4)ccc2C3)c1. The van der Waals surface area contributed by atoms with Crippen molar-refractivity contribution in [3.8, 4) is 55.6 Å². The van der Waals surface area contributed by atoms with Crippen molar-refractivity contribution in [1.29, 1.82) is 0 Å². The predicted octanol–water partition coefficient (Wildman–Crippen LogP) is 12.7. The third kappa shape index (κ3) is 5.95. The van der Waals surface area contributed by atoms with E-state index in [2.05, 4.69) is 158 Å². The molecule has 8 rings (SSSR count). The molecule has 0 aliphatic heterocycles. The van der Waals surface area contributed by atoms with Crippen molar-refractivity contribution in [2.24, 2.45) is 0 Å². The van der Waals surface area contributed by atoms with Crippen molar-refractivity contribution in [3.05, 3.63) is 210 Å². The van der Waals surface area contributed by atoms with Crippen LogP contribution in [0.1, 0.15) is 39.5 Å². The van der Waals surface area contributed by atoms with Gasteiger partial charge in [0.25, 0.3) is 0 Å². The third-order valence-electron chi connectivity index (χ3n) is 9.81. The Hall–Kier alpha value is -6.31. The minimum absolute atomic E-state index is 0.0760. The summed E-state index contributed by atoms with van der Waals surface area (Å²) in [6.45, 7) is 6.10. The molecule has 1 heteroatoms. The van der Waals surface area contributed by atoms with Gasteiger partial charge in [-0.15, -0.1) is 0 Å². The van der Waals surface area contributed by atoms with Crippen LogP contribution in [-0.2, 0) is 6.42 Å². The summed E-state index contributed by atoms with van der Waals surface area (Å²) in [7, 11) is 0. The lowest BCUT2D eigenvalue weighted by Crippen LogP contribution is -2.15. The van der Waals surface area contributed by atoms with Crippen molar-refractivity contribution in [1.82, 2.24) is 0 Å². The Morgan fingerprint density at radius 3 is 1.24 bits per heavy atom. The average molecular weight is 641 g/mol. The van der Waals surface area contributed by atoms with Gasteiger partial charge < -0.3 is 0 Å². The molecule has 7 aromatic rings. The van der Waals surface area contributed by atoms with Gasteiger partial charge in [0.2, 0.25) is 0 Å². The molecule has 0 atom stereocenters. The number of allylic oxidation sites excluding steroid dienone is 3. The molecular weight excluding hydrogens is 605 g/mol. The first-order valence-electron chi connectivity index (χ1n) is 17.1. The number of hydrogen-bond donors (Lipinski definition) is 0. The summed E-state index contributed by atoms with van der Waals surface area (Å²) in [5.74, 6) is 0.0760. The monoisotopic (exact) mass is 640 g/mol. The summed E-state index contributed by atoms with van der Waals surface area (Å²) in [6, 6.07) is 57.6. The van der Waals surface area contributed by atoms with Crippen molar-refractivity contribution < 1.29 is 4.79 Å². The molecule has 7 aromatic carbocycles. The maximum atomic E-state index is 14.4. The molecule has 0 radical (unpaired) electrons. The summed E-state index contributed by atoms with van der Waals surface area (Å²) in [5.41, 5.74) is 17.0. The molecule has 0 heterocycles. The summed E-state index contributed by atoms with van der Waals surface area (Å²) in [5, 5.41) is 0. The fourth-order valence-electron chi connectivity index (χ4n) is 7.14. The quantitative estimate of drug-likeness (QED) is 0.158. The van der Waals surface area contributed by atoms with Gasteiger partial charge >= 0.3 is 0 Å². The number of hydrogen-bond acceptors (Lipinski definition) is 1. The predicted molar refractivity (Wildman–Crippen MR) is 210 cm³/mol. The Kier molecular flexibility index (Phi) is 8.24. The van der Waals surface area contributed by atoms with Crippen LogP contribution in [0.2, 0.25) is 0 Å². The van der Waals surface area contributed by atoms with Gasteiger partial charge in [0, 0.05) is 11.1 Å². The number of carbonyl (C=O) groups excluding carboxylic acids is 1. The maximum absolute atomic E-state index is 14.4. The van der Waals surface area contributed by atoms with E-state index in [1.807, 2.05) is 31.2 Å². The van der Waals surface area contributed by atoms with Crippen LogP contribution in [0.25, 0.3) is 61.2 Å². The smallest absolute Gasteiger partial charge is 0.193 e. The van der Waals surface area contributed by atoms with Gasteiger partial charge in [0.1, 0.15) is 0 Å². The van der Waals surface area contributed by atoms with E-state index in [9.17, 15) is 4.79 Å². The molecule has 1 nitrogen and oxygen atoms in total. The molecule has 50 heavy (non-hydrogen) atoms. The van der Waals surface area contributed by atoms with E-state index < -0.39 is 0 Å². The highest BCUT2D eigenvalue weighted by atomic mass is 16.1. The number of ketones is 1. The molecule has 0 bridgehead atoms. The van der Waals surface area contributed by atoms with Crippen LogP contribution in [0, 0.1) is 0 Å². The molecule has 0 spiro atoms. The van der Waals surface area contributed by atoms with Gasteiger partial charge in [-0.2, -0.15) is 0 Å². The van der Waals surface area contributed by atoms with Gasteiger partial charge in [0.05, 0.1) is 0 Å². The van der Waals surface area contributed by atoms with E-state index >= 15 is 0 Å². The van der Waals surface area contributed by atoms with Gasteiger partial charge in [0.15, 0.2) is 5.78 Å². The Labute approximate surface area is 294 Å². The van der Waals surface area contributed by atoms with Crippen LogP contribution in [-0.4, -0.2) is 5.78 Å². The van der Waals surface area contributed by atoms with E-state index in [1.165, 1.54) is 0 Å². The lowest BCUT2D eigenvalue weighted by atomic mass is 9.82. The van der Waals surface area contributed by atoms with Gasteiger partial charge in [-0.3, -0.25) is 4.79 Å². The molecule has 0 unspecified atom stereocenters. The standard InChI is InChI=1S/C49H36O/c1-3-33(4-2)41-25-42(34-14-8-5-9-15-34)28-45(26-41)37-20-22-39-24-40-23-21-38(32-48(40)49(50)47(39)31-37)46-29-43(35-16-10-6-11-17-35)27-44(30-46)36-18-12-7-13-19-36/h3-23,25-32H,1,24H2,2H3. The summed E-state index contributed by atoms with van der Waals surface area (Å²) in [4.78, 5) is 14.4. The van der Waals surface area contributed by atoms with Crippen molar-refractivity contribution >= 4 is 11.4 Å². The fourth-order valence-corrected chi connectivity index (χ4v) is 7.14. The molecule has 0 saturated carbocycles. The summed E-state index contributed by atoms with van der Waals surface area (Å²) in [6.07, 6.45) is 4.71. The minimum atomic E-state index is 0.0760. The molecule has 0 aromatic heterocycles. The number of rotatable bonds is 7. The third-order valence-corrected chi connectivity index (χ3v) is 9.81. The Bertz CT molecular complexity index is 2360. The zero-order valence-electron chi connectivity index (χ0n) is 28.1. The number of fused-ring (bicyclic) bond motifs is 2. The summed E-state index contributed by atoms with van der Waals surface area (Å²) >= 11 is 0. The lowest BCUT2D eigenvalue weighted by Gasteiger charge is -2.21. The van der Waals surface area contributed by atoms with Crippen LogP contribution in [0.5, 0.6) is 0 Å². The minimum Gasteiger partial charge on any atom is -0.289 e. The molecular formula is C49H36O. The van der Waals surface area contributed by atoms with E-state index in [1.54, 1.807) is 0 Å². The Morgan fingerprint density at radius 1 is 0.460 bits per heavy atom. The van der Waals surface area contributed by atoms with E-state index in [-0.39, 0.29) is 5.78 Å². The molecule has 0 saturated heterocycles. The first kappa shape index (κ1) is 31.0. The average Bonchev–Trinajstić information content (AvgIpc) is 3.19. The summed E-state index contributed by atoms with van der Waals surface area (Å²) < 4.78 is 0. The molecule has 0 fully saturated rings. The van der Waals surface area contributed by atoms with Crippen LogP contribution < -0.4 is 0 Å². The zero-order chi connectivity index (χ0) is 34.0. The first-order valence-corrected chi connectivity index (χ1v) is 17.1. The maximum Gasteiger partial charge on any atom is 0.193 e. The van der Waals surface area contributed by atoms with Crippen molar-refractivity contribution in [2.75, 3.05) is 0 Å². The van der Waals surface area contributed by atoms with E-state index in [0.717, 1.165) is 95.4 Å². The normalized spacial score (nSPS) is 12.3. The van der Waals surface area contributed by atoms with E-state index in [4.69, 9.17) is 0 Å². The topological polar surface area (TPSA) is 17.1 Å². The molecule has 0 N–H and O–H groups in total. The Morgan fingerprint density at radius 2 is 0.840 bits per heavy atom. The van der Waals surface area contributed by atoms with Gasteiger partial charge in [-0.05, 0) is 140 Å². The zero-order valence-corrected chi connectivity index (χ0v) is 28.1. The number of carbonyl (C=O) groups is 1. The van der Waals surface area contributed by atoms with Crippen LogP contribution in [0.4, 0.5) is 0 Å². The fraction of sp³-hybridized carbons (Fsp3) is 0.0408. The highest BCUT2D eigenvalue weighted by molar-refractivity contribution is 6.13. The first-order chi connectivity index (χ1) is 24.6. The van der Waals surface area contributed by atoms with Crippen LogP contribution in [0.15, 0.2) is 183 Å². The lowest BCUT2D eigenvalue weighted by molar-refractivity contribution is 0.103. The highest BCUT2D eigenvalue weighted by Gasteiger charge is 2.25. The molecule has 1 aliphatic carbocycles. The van der Waals surface area contributed by atoms with Crippen LogP contribution >= 0.6 is 0 Å². The molecule has 1 aliphatic rings.